The number of phenols is 1. The van der Waals surface area contributed by atoms with E-state index in [4.69, 9.17) is 0 Å². The predicted molar refractivity (Wildman–Crippen MR) is 81.9 cm³/mol. The summed E-state index contributed by atoms with van der Waals surface area (Å²) in [4.78, 5) is 4.50. The van der Waals surface area contributed by atoms with Crippen LogP contribution < -0.4 is 0 Å². The molecule has 3 aromatic rings. The van der Waals surface area contributed by atoms with Gasteiger partial charge >= 0.3 is 0 Å². The van der Waals surface area contributed by atoms with Gasteiger partial charge in [0.05, 0.1) is 5.52 Å². The number of halogens is 1. The monoisotopic (exact) mass is 284 g/mol. The molecule has 0 radical (unpaired) electrons. The quantitative estimate of drug-likeness (QED) is 0.755. The number of aromatic hydroxyl groups is 1. The van der Waals surface area contributed by atoms with Crippen molar-refractivity contribution in [3.63, 3.8) is 0 Å². The van der Waals surface area contributed by atoms with Crippen molar-refractivity contribution in [1.82, 2.24) is 9.55 Å². The second-order valence-corrected chi connectivity index (χ2v) is 5.51. The van der Waals surface area contributed by atoms with Crippen LogP contribution in [0.25, 0.3) is 22.4 Å². The molecule has 3 nitrogen and oxygen atoms in total. The maximum absolute atomic E-state index is 14.0. The highest BCUT2D eigenvalue weighted by Crippen LogP contribution is 2.32. The standard InChI is InChI=1S/C17H17FN2O/c1-10(2)20-15-6-4-5-14(18)16(15)19-17(20)13-8-7-12(21)9-11(13)3/h4-10,21H,1-3H3. The highest BCUT2D eigenvalue weighted by Gasteiger charge is 2.18. The largest absolute Gasteiger partial charge is 0.508 e. The number of hydrogen-bond donors (Lipinski definition) is 1. The predicted octanol–water partition coefficient (Wildman–Crippen LogP) is 4.44. The van der Waals surface area contributed by atoms with E-state index in [-0.39, 0.29) is 17.6 Å². The normalized spacial score (nSPS) is 11.5. The fourth-order valence-electron chi connectivity index (χ4n) is 2.69. The van der Waals surface area contributed by atoms with Crippen LogP contribution in [-0.2, 0) is 0 Å². The number of nitrogens with zero attached hydrogens (tertiary/aromatic N) is 2. The van der Waals surface area contributed by atoms with Crippen molar-refractivity contribution in [2.45, 2.75) is 26.8 Å². The van der Waals surface area contributed by atoms with E-state index < -0.39 is 0 Å². The molecule has 0 aliphatic rings. The Kier molecular flexibility index (Phi) is 3.16. The van der Waals surface area contributed by atoms with E-state index in [0.717, 1.165) is 22.5 Å². The fourth-order valence-corrected chi connectivity index (χ4v) is 2.69. The van der Waals surface area contributed by atoms with Crippen molar-refractivity contribution < 1.29 is 9.50 Å². The van der Waals surface area contributed by atoms with E-state index in [1.165, 1.54) is 6.07 Å². The summed E-state index contributed by atoms with van der Waals surface area (Å²) in [6.45, 7) is 6.01. The third kappa shape index (κ3) is 2.17. The summed E-state index contributed by atoms with van der Waals surface area (Å²) in [6.07, 6.45) is 0. The third-order valence-electron chi connectivity index (χ3n) is 3.64. The minimum Gasteiger partial charge on any atom is -0.508 e. The Hall–Kier alpha value is -2.36. The van der Waals surface area contributed by atoms with Crippen molar-refractivity contribution in [3.8, 4) is 17.1 Å². The highest BCUT2D eigenvalue weighted by molar-refractivity contribution is 5.82. The minimum atomic E-state index is -0.315. The van der Waals surface area contributed by atoms with Gasteiger partial charge in [-0.2, -0.15) is 0 Å². The van der Waals surface area contributed by atoms with Gasteiger partial charge in [0.15, 0.2) is 5.82 Å². The molecule has 108 valence electrons. The van der Waals surface area contributed by atoms with Crippen LogP contribution in [0.1, 0.15) is 25.5 Å². The molecule has 2 aromatic carbocycles. The second-order valence-electron chi connectivity index (χ2n) is 5.51. The summed E-state index contributed by atoms with van der Waals surface area (Å²) in [5.41, 5.74) is 2.98. The molecule has 0 aliphatic heterocycles. The summed E-state index contributed by atoms with van der Waals surface area (Å²) in [5.74, 6) is 0.627. The molecule has 0 saturated heterocycles. The molecule has 0 atom stereocenters. The maximum Gasteiger partial charge on any atom is 0.151 e. The van der Waals surface area contributed by atoms with Gasteiger partial charge in [-0.15, -0.1) is 0 Å². The zero-order valence-corrected chi connectivity index (χ0v) is 12.3. The Labute approximate surface area is 122 Å². The van der Waals surface area contributed by atoms with E-state index in [1.807, 2.05) is 37.5 Å². The zero-order valence-electron chi connectivity index (χ0n) is 12.3. The average molecular weight is 284 g/mol. The van der Waals surface area contributed by atoms with Crippen LogP contribution in [0.3, 0.4) is 0 Å². The molecule has 0 saturated carbocycles. The number of imidazole rings is 1. The van der Waals surface area contributed by atoms with Gasteiger partial charge in [0.2, 0.25) is 0 Å². The molecule has 3 rings (SSSR count). The molecule has 0 bridgehead atoms. The first-order valence-electron chi connectivity index (χ1n) is 6.95. The topological polar surface area (TPSA) is 38.1 Å². The van der Waals surface area contributed by atoms with Gasteiger partial charge in [-0.3, -0.25) is 0 Å². The molecule has 4 heteroatoms. The van der Waals surface area contributed by atoms with Gasteiger partial charge in [0.1, 0.15) is 17.1 Å². The van der Waals surface area contributed by atoms with Gasteiger partial charge in [-0.1, -0.05) is 6.07 Å². The number of fused-ring (bicyclic) bond motifs is 1. The van der Waals surface area contributed by atoms with Gasteiger partial charge in [-0.05, 0) is 56.7 Å². The highest BCUT2D eigenvalue weighted by atomic mass is 19.1. The van der Waals surface area contributed by atoms with Crippen molar-refractivity contribution in [1.29, 1.82) is 0 Å². The Morgan fingerprint density at radius 3 is 2.62 bits per heavy atom. The lowest BCUT2D eigenvalue weighted by atomic mass is 10.1. The summed E-state index contributed by atoms with van der Waals surface area (Å²) >= 11 is 0. The smallest absolute Gasteiger partial charge is 0.151 e. The number of benzene rings is 2. The van der Waals surface area contributed by atoms with E-state index in [2.05, 4.69) is 4.98 Å². The van der Waals surface area contributed by atoms with Crippen molar-refractivity contribution in [2.24, 2.45) is 0 Å². The lowest BCUT2D eigenvalue weighted by molar-refractivity contribution is 0.475. The van der Waals surface area contributed by atoms with Crippen LogP contribution in [-0.4, -0.2) is 14.7 Å². The number of hydrogen-bond acceptors (Lipinski definition) is 2. The van der Waals surface area contributed by atoms with Crippen molar-refractivity contribution >= 4 is 11.0 Å². The fraction of sp³-hybridized carbons (Fsp3) is 0.235. The molecule has 21 heavy (non-hydrogen) atoms. The molecule has 0 aliphatic carbocycles. The van der Waals surface area contributed by atoms with Crippen LogP contribution in [0, 0.1) is 12.7 Å². The molecular weight excluding hydrogens is 267 g/mol. The zero-order chi connectivity index (χ0) is 15.1. The van der Waals surface area contributed by atoms with Gasteiger partial charge in [-0.25, -0.2) is 9.37 Å². The average Bonchev–Trinajstić information content (AvgIpc) is 2.79. The first-order chi connectivity index (χ1) is 9.99. The minimum absolute atomic E-state index is 0.153. The molecule has 1 heterocycles. The van der Waals surface area contributed by atoms with Crippen molar-refractivity contribution in [2.75, 3.05) is 0 Å². The Morgan fingerprint density at radius 1 is 1.19 bits per heavy atom. The summed E-state index contributed by atoms with van der Waals surface area (Å²) in [6, 6.07) is 10.3. The first kappa shape index (κ1) is 13.6. The van der Waals surface area contributed by atoms with Crippen LogP contribution in [0.2, 0.25) is 0 Å². The summed E-state index contributed by atoms with van der Waals surface area (Å²) in [5, 5.41) is 9.56. The number of para-hydroxylation sites is 1. The second kappa shape index (κ2) is 4.88. The number of phenolic OH excluding ortho intramolecular Hbond substituents is 1. The lowest BCUT2D eigenvalue weighted by Crippen LogP contribution is -2.03. The van der Waals surface area contributed by atoms with Crippen LogP contribution >= 0.6 is 0 Å². The molecule has 1 N–H and O–H groups in total. The Balaban J connectivity index is 2.36. The first-order valence-corrected chi connectivity index (χ1v) is 6.95. The van der Waals surface area contributed by atoms with Crippen molar-refractivity contribution in [3.05, 3.63) is 47.8 Å². The maximum atomic E-state index is 14.0. The lowest BCUT2D eigenvalue weighted by Gasteiger charge is -2.14. The SMILES string of the molecule is Cc1cc(O)ccc1-c1nc2c(F)cccc2n1C(C)C. The molecule has 0 fully saturated rings. The molecule has 0 amide bonds. The van der Waals surface area contributed by atoms with E-state index >= 15 is 0 Å². The van der Waals surface area contributed by atoms with Crippen LogP contribution in [0.4, 0.5) is 4.39 Å². The number of aryl methyl sites for hydroxylation is 1. The molecule has 1 aromatic heterocycles. The van der Waals surface area contributed by atoms with Gasteiger partial charge < -0.3 is 9.67 Å². The number of rotatable bonds is 2. The molecule has 0 unspecified atom stereocenters. The van der Waals surface area contributed by atoms with E-state index in [1.54, 1.807) is 18.2 Å². The van der Waals surface area contributed by atoms with Gasteiger partial charge in [0.25, 0.3) is 0 Å². The third-order valence-corrected chi connectivity index (χ3v) is 3.64. The van der Waals surface area contributed by atoms with E-state index in [9.17, 15) is 9.50 Å². The van der Waals surface area contributed by atoms with Crippen LogP contribution in [0.15, 0.2) is 36.4 Å². The Morgan fingerprint density at radius 2 is 1.95 bits per heavy atom. The van der Waals surface area contributed by atoms with E-state index in [0.29, 0.717) is 5.52 Å². The summed E-state index contributed by atoms with van der Waals surface area (Å²) in [7, 11) is 0. The van der Waals surface area contributed by atoms with Crippen LogP contribution in [0.5, 0.6) is 5.75 Å². The number of aromatic nitrogens is 2. The Bertz CT molecular complexity index is 821. The van der Waals surface area contributed by atoms with Gasteiger partial charge in [0, 0.05) is 11.6 Å². The summed E-state index contributed by atoms with van der Waals surface area (Å²) < 4.78 is 16.0. The molecular formula is C17H17FN2O. The molecule has 0 spiro atoms.